The van der Waals surface area contributed by atoms with Crippen molar-refractivity contribution in [3.8, 4) is 0 Å². The van der Waals surface area contributed by atoms with Crippen LogP contribution in [0.15, 0.2) is 38.2 Å². The molecule has 0 saturated heterocycles. The quantitative estimate of drug-likeness (QED) is 0.841. The van der Waals surface area contributed by atoms with Crippen LogP contribution in [0.4, 0.5) is 10.1 Å². The summed E-state index contributed by atoms with van der Waals surface area (Å²) in [5.41, 5.74) is 0.813. The molecule has 0 aliphatic heterocycles. The molecule has 0 amide bonds. The van der Waals surface area contributed by atoms with Gasteiger partial charge in [0, 0.05) is 6.07 Å². The largest absolute Gasteiger partial charge is 0.451 e. The van der Waals surface area contributed by atoms with Gasteiger partial charge in [-0.25, -0.2) is 12.8 Å². The minimum Gasteiger partial charge on any atom is -0.451 e. The van der Waals surface area contributed by atoms with Crippen LogP contribution in [0.3, 0.4) is 0 Å². The Kier molecular flexibility index (Phi) is 4.70. The molecule has 0 atom stereocenters. The first-order chi connectivity index (χ1) is 9.83. The average Bonchev–Trinajstić information content (AvgIpc) is 2.75. The van der Waals surface area contributed by atoms with Gasteiger partial charge in [-0.05, 0) is 53.7 Å². The summed E-state index contributed by atoms with van der Waals surface area (Å²) in [6.45, 7) is 2.03. The summed E-state index contributed by atoms with van der Waals surface area (Å²) in [6, 6.07) is 5.27. The van der Waals surface area contributed by atoms with Crippen LogP contribution in [0.2, 0.25) is 0 Å². The Morgan fingerprint density at radius 1 is 1.33 bits per heavy atom. The fraction of sp³-hybridized carbons (Fsp3) is 0.231. The summed E-state index contributed by atoms with van der Waals surface area (Å²) in [7, 11) is -2.09. The van der Waals surface area contributed by atoms with E-state index in [-0.39, 0.29) is 9.56 Å². The zero-order valence-corrected chi connectivity index (χ0v) is 13.8. The maximum atomic E-state index is 13.0. The summed E-state index contributed by atoms with van der Waals surface area (Å²) in [6.07, 6.45) is 0. The molecule has 2 rings (SSSR count). The van der Waals surface area contributed by atoms with Crippen molar-refractivity contribution in [2.45, 2.75) is 18.4 Å². The average molecular weight is 377 g/mol. The Labute approximate surface area is 130 Å². The lowest BCUT2D eigenvalue weighted by molar-refractivity contribution is 0.470. The molecule has 0 radical (unpaired) electrons. The van der Waals surface area contributed by atoms with Crippen LogP contribution >= 0.6 is 15.9 Å². The minimum atomic E-state index is -3.82. The van der Waals surface area contributed by atoms with E-state index in [1.165, 1.54) is 24.3 Å². The van der Waals surface area contributed by atoms with Crippen molar-refractivity contribution in [2.24, 2.45) is 0 Å². The molecular formula is C13H14BrFN2O3S. The molecule has 0 saturated carbocycles. The van der Waals surface area contributed by atoms with Crippen molar-refractivity contribution in [1.82, 2.24) is 5.32 Å². The predicted molar refractivity (Wildman–Crippen MR) is 81.1 cm³/mol. The third-order valence-corrected chi connectivity index (χ3v) is 5.00. The number of sulfonamides is 1. The Morgan fingerprint density at radius 2 is 2.05 bits per heavy atom. The van der Waals surface area contributed by atoms with E-state index in [0.29, 0.717) is 23.6 Å². The number of hydrogen-bond donors (Lipinski definition) is 2. The van der Waals surface area contributed by atoms with Crippen molar-refractivity contribution in [3.63, 3.8) is 0 Å². The first kappa shape index (κ1) is 16.0. The predicted octanol–water partition coefficient (Wildman–Crippen LogP) is 3.01. The number of furan rings is 1. The van der Waals surface area contributed by atoms with Crippen molar-refractivity contribution in [1.29, 1.82) is 0 Å². The van der Waals surface area contributed by atoms with Gasteiger partial charge in [0.15, 0.2) is 4.67 Å². The highest BCUT2D eigenvalue weighted by Gasteiger charge is 2.23. The molecule has 1 aromatic carbocycles. The molecule has 0 bridgehead atoms. The van der Waals surface area contributed by atoms with Gasteiger partial charge in [-0.15, -0.1) is 0 Å². The van der Waals surface area contributed by atoms with E-state index in [0.717, 1.165) is 0 Å². The molecule has 0 unspecified atom stereocenters. The number of aryl methyl sites for hydroxylation is 1. The van der Waals surface area contributed by atoms with Gasteiger partial charge in [0.05, 0.1) is 12.2 Å². The molecule has 1 aromatic heterocycles. The third kappa shape index (κ3) is 3.63. The van der Waals surface area contributed by atoms with Crippen molar-refractivity contribution < 1.29 is 17.2 Å². The molecule has 114 valence electrons. The first-order valence-electron chi connectivity index (χ1n) is 6.05. The summed E-state index contributed by atoms with van der Waals surface area (Å²) in [5.74, 6) is 0.0665. The second-order valence-electron chi connectivity index (χ2n) is 4.45. The Bertz CT molecular complexity index is 759. The van der Waals surface area contributed by atoms with E-state index >= 15 is 0 Å². The van der Waals surface area contributed by atoms with E-state index in [4.69, 9.17) is 4.42 Å². The maximum Gasteiger partial charge on any atom is 0.266 e. The molecule has 2 N–H and O–H groups in total. The van der Waals surface area contributed by atoms with Gasteiger partial charge in [0.1, 0.15) is 16.5 Å². The smallest absolute Gasteiger partial charge is 0.266 e. The summed E-state index contributed by atoms with van der Waals surface area (Å²) < 4.78 is 45.6. The Hall–Kier alpha value is -1.38. The first-order valence-corrected chi connectivity index (χ1v) is 8.33. The molecule has 2 aromatic rings. The lowest BCUT2D eigenvalue weighted by Gasteiger charge is -2.09. The maximum absolute atomic E-state index is 13.0. The number of rotatable bonds is 5. The number of anilines is 1. The highest BCUT2D eigenvalue weighted by molar-refractivity contribution is 9.10. The summed E-state index contributed by atoms with van der Waals surface area (Å²) in [5, 5.41) is 2.87. The van der Waals surface area contributed by atoms with Gasteiger partial charge in [-0.1, -0.05) is 0 Å². The van der Waals surface area contributed by atoms with Crippen LogP contribution < -0.4 is 10.0 Å². The zero-order chi connectivity index (χ0) is 15.6. The number of halogens is 2. The van der Waals surface area contributed by atoms with Gasteiger partial charge >= 0.3 is 0 Å². The summed E-state index contributed by atoms with van der Waals surface area (Å²) >= 11 is 3.09. The van der Waals surface area contributed by atoms with Gasteiger partial charge in [0.25, 0.3) is 10.0 Å². The zero-order valence-electron chi connectivity index (χ0n) is 11.4. The number of hydrogen-bond acceptors (Lipinski definition) is 4. The van der Waals surface area contributed by atoms with Crippen LogP contribution in [0, 0.1) is 12.7 Å². The molecule has 0 spiro atoms. The molecule has 8 heteroatoms. The second kappa shape index (κ2) is 6.17. The van der Waals surface area contributed by atoms with Crippen LogP contribution in [0.25, 0.3) is 0 Å². The highest BCUT2D eigenvalue weighted by Crippen LogP contribution is 2.28. The van der Waals surface area contributed by atoms with Crippen molar-refractivity contribution in [2.75, 3.05) is 11.8 Å². The van der Waals surface area contributed by atoms with Crippen LogP contribution in [0.1, 0.15) is 11.3 Å². The highest BCUT2D eigenvalue weighted by atomic mass is 79.9. The van der Waals surface area contributed by atoms with Gasteiger partial charge < -0.3 is 9.73 Å². The van der Waals surface area contributed by atoms with E-state index in [1.54, 1.807) is 14.0 Å². The molecule has 0 aliphatic rings. The third-order valence-electron chi connectivity index (χ3n) is 2.78. The van der Waals surface area contributed by atoms with E-state index < -0.39 is 15.8 Å². The molecule has 0 fully saturated rings. The normalized spacial score (nSPS) is 11.6. The lowest BCUT2D eigenvalue weighted by atomic mass is 10.2. The molecule has 1 heterocycles. The van der Waals surface area contributed by atoms with Gasteiger partial charge in [0.2, 0.25) is 0 Å². The standard InChI is InChI=1S/C13H14BrFN2O3S/c1-8-5-9(15)3-4-11(8)17-21(18,19)12-6-10(7-16-2)20-13(12)14/h3-6,16-17H,7H2,1-2H3. The lowest BCUT2D eigenvalue weighted by Crippen LogP contribution is -2.13. The van der Waals surface area contributed by atoms with Gasteiger partial charge in [-0.3, -0.25) is 4.72 Å². The van der Waals surface area contributed by atoms with Crippen molar-refractivity contribution in [3.05, 3.63) is 46.1 Å². The molecular weight excluding hydrogens is 363 g/mol. The van der Waals surface area contributed by atoms with E-state index in [1.807, 2.05) is 0 Å². The summed E-state index contributed by atoms with van der Waals surface area (Å²) in [4.78, 5) is -0.00326. The minimum absolute atomic E-state index is 0.00326. The molecule has 5 nitrogen and oxygen atoms in total. The van der Waals surface area contributed by atoms with Crippen molar-refractivity contribution >= 4 is 31.6 Å². The Morgan fingerprint density at radius 3 is 2.67 bits per heavy atom. The number of nitrogens with one attached hydrogen (secondary N) is 2. The fourth-order valence-corrected chi connectivity index (χ4v) is 3.91. The molecule has 21 heavy (non-hydrogen) atoms. The number of benzene rings is 1. The second-order valence-corrected chi connectivity index (χ2v) is 6.82. The van der Waals surface area contributed by atoms with Gasteiger partial charge in [-0.2, -0.15) is 0 Å². The Balaban J connectivity index is 2.34. The monoisotopic (exact) mass is 376 g/mol. The topological polar surface area (TPSA) is 71.3 Å². The van der Waals surface area contributed by atoms with E-state index in [2.05, 4.69) is 26.0 Å². The van der Waals surface area contributed by atoms with Crippen LogP contribution in [-0.4, -0.2) is 15.5 Å². The van der Waals surface area contributed by atoms with Crippen LogP contribution in [0.5, 0.6) is 0 Å². The molecule has 0 aliphatic carbocycles. The fourth-order valence-electron chi connectivity index (χ4n) is 1.78. The van der Waals surface area contributed by atoms with E-state index in [9.17, 15) is 12.8 Å². The SMILES string of the molecule is CNCc1cc(S(=O)(=O)Nc2ccc(F)cc2C)c(Br)o1. The van der Waals surface area contributed by atoms with Crippen LogP contribution in [-0.2, 0) is 16.6 Å².